The molecule has 3 heterocycles. The van der Waals surface area contributed by atoms with Crippen molar-refractivity contribution < 1.29 is 27.9 Å². The molecule has 33 heavy (non-hydrogen) atoms. The van der Waals surface area contributed by atoms with Crippen molar-refractivity contribution in [3.63, 3.8) is 0 Å². The minimum absolute atomic E-state index is 0.298. The third-order valence-corrected chi connectivity index (χ3v) is 4.97. The highest BCUT2D eigenvalue weighted by Gasteiger charge is 2.30. The van der Waals surface area contributed by atoms with E-state index in [1.807, 2.05) is 5.32 Å². The largest absolute Gasteiger partial charge is 0.465 e. The van der Waals surface area contributed by atoms with Gasteiger partial charge in [0.15, 0.2) is 0 Å². The van der Waals surface area contributed by atoms with Gasteiger partial charge in [0.05, 0.1) is 17.6 Å². The normalized spacial score (nSPS) is 12.6. The van der Waals surface area contributed by atoms with Crippen LogP contribution in [0.15, 0.2) is 36.9 Å². The molecule has 3 rings (SSSR count). The van der Waals surface area contributed by atoms with Crippen LogP contribution in [0.1, 0.15) is 13.8 Å². The van der Waals surface area contributed by atoms with Crippen LogP contribution >= 0.6 is 0 Å². The fourth-order valence-corrected chi connectivity index (χ4v) is 3.20. The standard InChI is InChI=1S/C21H23F3N6O3/c1-11(2)17(19(31)28-10-21(22,23)24)29-13-4-12(6-25-7-13)16-9-27-18-15(16)5-14(8-26-18)30(3)20(32)33/h4-9,11,17,29H,10H2,1-3H3,(H,26,27)(H,28,31)(H,32,33). The molecular formula is C21H23F3N6O3. The number of alkyl halides is 3. The topological polar surface area (TPSA) is 123 Å². The summed E-state index contributed by atoms with van der Waals surface area (Å²) in [4.78, 5) is 36.1. The van der Waals surface area contributed by atoms with Crippen LogP contribution in [-0.2, 0) is 4.79 Å². The maximum atomic E-state index is 12.5. The van der Waals surface area contributed by atoms with Crippen molar-refractivity contribution in [2.75, 3.05) is 23.8 Å². The minimum atomic E-state index is -4.50. The van der Waals surface area contributed by atoms with Gasteiger partial charge in [0.2, 0.25) is 5.91 Å². The number of H-pyrrole nitrogens is 1. The van der Waals surface area contributed by atoms with Gasteiger partial charge in [-0.15, -0.1) is 0 Å². The number of aromatic amines is 1. The van der Waals surface area contributed by atoms with Gasteiger partial charge in [-0.05, 0) is 18.1 Å². The Bertz CT molecular complexity index is 1160. The monoisotopic (exact) mass is 464 g/mol. The molecule has 1 atom stereocenters. The number of amides is 2. The Kier molecular flexibility index (Phi) is 6.75. The van der Waals surface area contributed by atoms with Gasteiger partial charge >= 0.3 is 12.3 Å². The Morgan fingerprint density at radius 1 is 1.21 bits per heavy atom. The fourth-order valence-electron chi connectivity index (χ4n) is 3.20. The van der Waals surface area contributed by atoms with Gasteiger partial charge in [-0.2, -0.15) is 13.2 Å². The van der Waals surface area contributed by atoms with Crippen LogP contribution in [0.5, 0.6) is 0 Å². The number of carbonyl (C=O) groups is 2. The molecule has 0 bridgehead atoms. The summed E-state index contributed by atoms with van der Waals surface area (Å²) in [6.45, 7) is 2.02. The van der Waals surface area contributed by atoms with E-state index in [0.29, 0.717) is 33.5 Å². The number of carbonyl (C=O) groups excluding carboxylic acids is 1. The van der Waals surface area contributed by atoms with Gasteiger partial charge in [0.1, 0.15) is 18.2 Å². The zero-order valence-corrected chi connectivity index (χ0v) is 18.1. The molecule has 2 amide bonds. The average molecular weight is 464 g/mol. The predicted octanol–water partition coefficient (Wildman–Crippen LogP) is 3.85. The molecular weight excluding hydrogens is 441 g/mol. The molecule has 0 aliphatic heterocycles. The molecule has 0 radical (unpaired) electrons. The lowest BCUT2D eigenvalue weighted by molar-refractivity contribution is -0.139. The maximum absolute atomic E-state index is 12.5. The van der Waals surface area contributed by atoms with Crippen molar-refractivity contribution in [2.24, 2.45) is 5.92 Å². The van der Waals surface area contributed by atoms with E-state index in [2.05, 4.69) is 20.3 Å². The Morgan fingerprint density at radius 2 is 1.94 bits per heavy atom. The quantitative estimate of drug-likeness (QED) is 0.421. The van der Waals surface area contributed by atoms with Crippen molar-refractivity contribution in [2.45, 2.75) is 26.1 Å². The molecule has 0 aliphatic carbocycles. The van der Waals surface area contributed by atoms with E-state index < -0.39 is 30.8 Å². The second-order valence-electron chi connectivity index (χ2n) is 7.79. The predicted molar refractivity (Wildman–Crippen MR) is 117 cm³/mol. The highest BCUT2D eigenvalue weighted by molar-refractivity contribution is 5.97. The number of anilines is 2. The van der Waals surface area contributed by atoms with Gasteiger partial charge in [-0.25, -0.2) is 9.78 Å². The number of rotatable bonds is 7. The molecule has 0 aliphatic rings. The van der Waals surface area contributed by atoms with Crippen LogP contribution in [0.3, 0.4) is 0 Å². The maximum Gasteiger partial charge on any atom is 0.411 e. The lowest BCUT2D eigenvalue weighted by atomic mass is 10.0. The van der Waals surface area contributed by atoms with Crippen molar-refractivity contribution in [1.82, 2.24) is 20.3 Å². The molecule has 3 aromatic rings. The van der Waals surface area contributed by atoms with Gasteiger partial charge in [-0.1, -0.05) is 13.8 Å². The fraction of sp³-hybridized carbons (Fsp3) is 0.333. The second-order valence-corrected chi connectivity index (χ2v) is 7.79. The van der Waals surface area contributed by atoms with E-state index in [1.54, 1.807) is 38.4 Å². The van der Waals surface area contributed by atoms with Crippen molar-refractivity contribution in [3.8, 4) is 11.1 Å². The first-order valence-corrected chi connectivity index (χ1v) is 9.96. The number of aromatic nitrogens is 3. The van der Waals surface area contributed by atoms with Gasteiger partial charge in [0, 0.05) is 42.2 Å². The molecule has 0 spiro atoms. The molecule has 3 aromatic heterocycles. The van der Waals surface area contributed by atoms with Crippen LogP contribution in [0.25, 0.3) is 22.2 Å². The summed E-state index contributed by atoms with van der Waals surface area (Å²) in [7, 11) is 1.40. The van der Waals surface area contributed by atoms with Crippen LogP contribution in [0, 0.1) is 5.92 Å². The van der Waals surface area contributed by atoms with E-state index in [4.69, 9.17) is 0 Å². The number of fused-ring (bicyclic) bond motifs is 1. The lowest BCUT2D eigenvalue weighted by Gasteiger charge is -2.23. The molecule has 0 aromatic carbocycles. The highest BCUT2D eigenvalue weighted by atomic mass is 19.4. The van der Waals surface area contributed by atoms with Crippen LogP contribution in [0.2, 0.25) is 0 Å². The molecule has 12 heteroatoms. The highest BCUT2D eigenvalue weighted by Crippen LogP contribution is 2.31. The molecule has 1 unspecified atom stereocenters. The lowest BCUT2D eigenvalue weighted by Crippen LogP contribution is -2.46. The molecule has 0 saturated heterocycles. The Balaban J connectivity index is 1.88. The van der Waals surface area contributed by atoms with Gasteiger partial charge < -0.3 is 20.7 Å². The number of nitrogens with zero attached hydrogens (tertiary/aromatic N) is 3. The zero-order chi connectivity index (χ0) is 24.3. The number of carboxylic acid groups (broad SMARTS) is 1. The van der Waals surface area contributed by atoms with E-state index in [9.17, 15) is 27.9 Å². The Morgan fingerprint density at radius 3 is 2.58 bits per heavy atom. The Hall–Kier alpha value is -3.83. The van der Waals surface area contributed by atoms with E-state index in [0.717, 1.165) is 4.90 Å². The summed E-state index contributed by atoms with van der Waals surface area (Å²) in [5.74, 6) is -1.07. The number of pyridine rings is 2. The molecule has 0 saturated carbocycles. The van der Waals surface area contributed by atoms with E-state index in [-0.39, 0.29) is 5.92 Å². The van der Waals surface area contributed by atoms with Crippen molar-refractivity contribution in [3.05, 3.63) is 36.9 Å². The van der Waals surface area contributed by atoms with E-state index in [1.165, 1.54) is 19.4 Å². The Labute approximate surface area is 187 Å². The number of nitrogens with one attached hydrogen (secondary N) is 3. The third-order valence-electron chi connectivity index (χ3n) is 4.97. The number of hydrogen-bond acceptors (Lipinski definition) is 5. The summed E-state index contributed by atoms with van der Waals surface area (Å²) in [6, 6.07) is 2.46. The van der Waals surface area contributed by atoms with Crippen molar-refractivity contribution in [1.29, 1.82) is 0 Å². The molecule has 0 fully saturated rings. The van der Waals surface area contributed by atoms with Crippen molar-refractivity contribution >= 4 is 34.4 Å². The average Bonchev–Trinajstić information content (AvgIpc) is 3.18. The smallest absolute Gasteiger partial charge is 0.411 e. The number of hydrogen-bond donors (Lipinski definition) is 4. The molecule has 4 N–H and O–H groups in total. The van der Waals surface area contributed by atoms with E-state index >= 15 is 0 Å². The summed E-state index contributed by atoms with van der Waals surface area (Å²) < 4.78 is 37.4. The van der Waals surface area contributed by atoms with Gasteiger partial charge in [-0.3, -0.25) is 14.7 Å². The summed E-state index contributed by atoms with van der Waals surface area (Å²) >= 11 is 0. The first-order chi connectivity index (χ1) is 15.5. The zero-order valence-electron chi connectivity index (χ0n) is 18.1. The van der Waals surface area contributed by atoms with Crippen LogP contribution in [0.4, 0.5) is 29.3 Å². The summed E-state index contributed by atoms with van der Waals surface area (Å²) in [5, 5.41) is 14.7. The molecule has 9 nitrogen and oxygen atoms in total. The SMILES string of the molecule is CC(C)C(Nc1cncc(-c2c[nH]c3ncc(N(C)C(=O)O)cc23)c1)C(=O)NCC(F)(F)F. The van der Waals surface area contributed by atoms with Gasteiger partial charge in [0.25, 0.3) is 0 Å². The van der Waals surface area contributed by atoms with Crippen LogP contribution in [-0.4, -0.2) is 57.9 Å². The summed E-state index contributed by atoms with van der Waals surface area (Å²) in [5.41, 5.74) is 2.68. The van der Waals surface area contributed by atoms with Crippen LogP contribution < -0.4 is 15.5 Å². The minimum Gasteiger partial charge on any atom is -0.465 e. The first-order valence-electron chi connectivity index (χ1n) is 9.96. The number of halogens is 3. The third kappa shape index (κ3) is 5.70. The molecule has 176 valence electrons. The first kappa shape index (κ1) is 23.8. The summed E-state index contributed by atoms with van der Waals surface area (Å²) in [6.07, 6.45) is 0.529. The second kappa shape index (κ2) is 9.35.